The number of hydrogen-bond acceptors (Lipinski definition) is 4. The summed E-state index contributed by atoms with van der Waals surface area (Å²) in [5.74, 6) is 4.92. The van der Waals surface area contributed by atoms with Crippen molar-refractivity contribution in [3.8, 4) is 11.8 Å². The third-order valence-electron chi connectivity index (χ3n) is 3.16. The molecule has 0 saturated carbocycles. The first-order chi connectivity index (χ1) is 11.2. The number of carboxylic acids is 1. The smallest absolute Gasteiger partial charge is 0.548 e. The van der Waals surface area contributed by atoms with Crippen molar-refractivity contribution < 1.29 is 44.2 Å². The normalized spacial score (nSPS) is 9.83. The fourth-order valence-electron chi connectivity index (χ4n) is 2.16. The molecule has 0 radical (unpaired) electrons. The van der Waals surface area contributed by atoms with E-state index in [1.54, 1.807) is 0 Å². The van der Waals surface area contributed by atoms with E-state index in [0.717, 1.165) is 11.2 Å². The molecule has 0 aliphatic heterocycles. The van der Waals surface area contributed by atoms with Crippen LogP contribution in [0.3, 0.4) is 0 Å². The number of fused-ring (bicyclic) bond motifs is 1. The van der Waals surface area contributed by atoms with Crippen LogP contribution >= 0.6 is 0 Å². The van der Waals surface area contributed by atoms with Crippen molar-refractivity contribution in [3.05, 3.63) is 71.7 Å². The number of carboxylic acid groups (broad SMARTS) is 1. The molecule has 2 heterocycles. The second kappa shape index (κ2) is 8.67. The van der Waals surface area contributed by atoms with Crippen molar-refractivity contribution in [1.29, 1.82) is 0 Å². The molecule has 5 nitrogen and oxygen atoms in total. The summed E-state index contributed by atoms with van der Waals surface area (Å²) in [5, 5.41) is 10.5. The molecule has 6 heteroatoms. The number of carbonyl (C=O) groups excluding carboxylic acids is 1. The summed E-state index contributed by atoms with van der Waals surface area (Å²) < 4.78 is 6.95. The van der Waals surface area contributed by atoms with Gasteiger partial charge in [-0.25, -0.2) is 4.98 Å². The number of aromatic nitrogens is 2. The Balaban J connectivity index is 0.00000208. The van der Waals surface area contributed by atoms with Gasteiger partial charge in [-0.2, -0.15) is 0 Å². The molecule has 0 aliphatic rings. The second-order valence-corrected chi connectivity index (χ2v) is 4.82. The van der Waals surface area contributed by atoms with E-state index in [2.05, 4.69) is 16.8 Å². The average molecular weight is 328 g/mol. The Morgan fingerprint density at radius 3 is 2.62 bits per heavy atom. The molecule has 0 N–H and O–H groups in total. The Morgan fingerprint density at radius 1 is 1.12 bits per heavy atom. The SMILES string of the molecule is O=C([O-])COCc1nc2ccccn2c1C#Cc1ccccc1.[Na+]. The fraction of sp³-hybridized carbons (Fsp3) is 0.111. The van der Waals surface area contributed by atoms with Crippen LogP contribution in [-0.2, 0) is 16.1 Å². The Morgan fingerprint density at radius 2 is 1.88 bits per heavy atom. The number of imidazole rings is 1. The molecule has 0 spiro atoms. The van der Waals surface area contributed by atoms with E-state index >= 15 is 0 Å². The number of benzene rings is 1. The minimum atomic E-state index is -1.26. The van der Waals surface area contributed by atoms with E-state index in [4.69, 9.17) is 4.74 Å². The first-order valence-electron chi connectivity index (χ1n) is 7.04. The fourth-order valence-corrected chi connectivity index (χ4v) is 2.16. The predicted molar refractivity (Wildman–Crippen MR) is 82.3 cm³/mol. The third kappa shape index (κ3) is 4.47. The molecule has 2 aromatic heterocycles. The van der Waals surface area contributed by atoms with Gasteiger partial charge in [-0.1, -0.05) is 30.2 Å². The summed E-state index contributed by atoms with van der Waals surface area (Å²) in [6.45, 7) is -0.409. The van der Waals surface area contributed by atoms with Gasteiger partial charge in [-0.15, -0.1) is 0 Å². The van der Waals surface area contributed by atoms with Gasteiger partial charge in [0, 0.05) is 11.8 Å². The maximum atomic E-state index is 10.5. The monoisotopic (exact) mass is 328 g/mol. The van der Waals surface area contributed by atoms with Crippen LogP contribution in [0.2, 0.25) is 0 Å². The van der Waals surface area contributed by atoms with Crippen molar-refractivity contribution in [2.45, 2.75) is 6.61 Å². The van der Waals surface area contributed by atoms with E-state index < -0.39 is 12.6 Å². The molecule has 0 amide bonds. The van der Waals surface area contributed by atoms with Crippen LogP contribution in [0.5, 0.6) is 0 Å². The molecule has 0 bridgehead atoms. The molecule has 0 saturated heterocycles. The van der Waals surface area contributed by atoms with Gasteiger partial charge in [-0.05, 0) is 30.2 Å². The second-order valence-electron chi connectivity index (χ2n) is 4.82. The van der Waals surface area contributed by atoms with Gasteiger partial charge < -0.3 is 14.6 Å². The van der Waals surface area contributed by atoms with Crippen molar-refractivity contribution in [1.82, 2.24) is 9.38 Å². The predicted octanol–water partition coefficient (Wildman–Crippen LogP) is -2.00. The number of rotatable bonds is 4. The number of nitrogens with zero attached hydrogens (tertiary/aromatic N) is 2. The molecule has 24 heavy (non-hydrogen) atoms. The Kier molecular flexibility index (Phi) is 6.59. The van der Waals surface area contributed by atoms with Crippen LogP contribution in [0, 0.1) is 11.8 Å². The van der Waals surface area contributed by atoms with Crippen LogP contribution in [0.4, 0.5) is 0 Å². The van der Waals surface area contributed by atoms with Gasteiger partial charge in [0.05, 0.1) is 19.2 Å². The molecule has 114 valence electrons. The number of carbonyl (C=O) groups is 1. The summed E-state index contributed by atoms with van der Waals surface area (Å²) >= 11 is 0. The van der Waals surface area contributed by atoms with Gasteiger partial charge in [0.15, 0.2) is 0 Å². The molecule has 0 aliphatic carbocycles. The summed E-state index contributed by atoms with van der Waals surface area (Å²) in [4.78, 5) is 14.9. The average Bonchev–Trinajstić information content (AvgIpc) is 2.91. The molecular formula is C18H13N2NaO3. The van der Waals surface area contributed by atoms with Crippen molar-refractivity contribution in [2.75, 3.05) is 6.61 Å². The van der Waals surface area contributed by atoms with Crippen LogP contribution in [-0.4, -0.2) is 22.0 Å². The van der Waals surface area contributed by atoms with Crippen LogP contribution < -0.4 is 34.7 Å². The van der Waals surface area contributed by atoms with Crippen LogP contribution in [0.25, 0.3) is 5.65 Å². The number of ether oxygens (including phenoxy) is 1. The third-order valence-corrected chi connectivity index (χ3v) is 3.16. The van der Waals surface area contributed by atoms with E-state index in [9.17, 15) is 9.90 Å². The quantitative estimate of drug-likeness (QED) is 0.411. The van der Waals surface area contributed by atoms with Gasteiger partial charge in [-0.3, -0.25) is 4.40 Å². The minimum Gasteiger partial charge on any atom is -0.548 e. The van der Waals surface area contributed by atoms with E-state index in [1.165, 1.54) is 0 Å². The van der Waals surface area contributed by atoms with Crippen molar-refractivity contribution in [2.24, 2.45) is 0 Å². The maximum Gasteiger partial charge on any atom is 1.00 e. The van der Waals surface area contributed by atoms with Crippen molar-refractivity contribution in [3.63, 3.8) is 0 Å². The Hall–Kier alpha value is -2.10. The molecule has 3 rings (SSSR count). The number of aliphatic carboxylic acids is 1. The summed E-state index contributed by atoms with van der Waals surface area (Å²) in [5.41, 5.74) is 2.90. The Bertz CT molecular complexity index is 895. The summed E-state index contributed by atoms with van der Waals surface area (Å²) in [6, 6.07) is 15.2. The van der Waals surface area contributed by atoms with E-state index in [1.807, 2.05) is 59.1 Å². The number of hydrogen-bond donors (Lipinski definition) is 0. The zero-order valence-electron chi connectivity index (χ0n) is 13.2. The van der Waals surface area contributed by atoms with E-state index in [-0.39, 0.29) is 36.2 Å². The molecule has 0 atom stereocenters. The largest absolute Gasteiger partial charge is 1.00 e. The van der Waals surface area contributed by atoms with Gasteiger partial charge in [0.2, 0.25) is 0 Å². The summed E-state index contributed by atoms with van der Waals surface area (Å²) in [7, 11) is 0. The minimum absolute atomic E-state index is 0. The number of pyridine rings is 1. The molecule has 3 aromatic rings. The first-order valence-corrected chi connectivity index (χ1v) is 7.04. The molecular weight excluding hydrogens is 315 g/mol. The first kappa shape index (κ1) is 18.2. The zero-order chi connectivity index (χ0) is 16.1. The molecule has 1 aromatic carbocycles. The standard InChI is InChI=1S/C18H14N2O3.Na/c21-18(22)13-23-12-15-16(10-9-14-6-2-1-3-7-14)20-11-5-4-8-17(20)19-15;/h1-8,11H,12-13H2,(H,21,22);/q;+1/p-1. The van der Waals surface area contributed by atoms with Crippen molar-refractivity contribution >= 4 is 11.6 Å². The van der Waals surface area contributed by atoms with Gasteiger partial charge >= 0.3 is 29.6 Å². The van der Waals surface area contributed by atoms with Gasteiger partial charge in [0.25, 0.3) is 0 Å². The van der Waals surface area contributed by atoms with Crippen LogP contribution in [0.1, 0.15) is 17.0 Å². The van der Waals surface area contributed by atoms with E-state index in [0.29, 0.717) is 11.4 Å². The zero-order valence-corrected chi connectivity index (χ0v) is 15.2. The Labute approximate surface area is 161 Å². The van der Waals surface area contributed by atoms with Gasteiger partial charge in [0.1, 0.15) is 17.0 Å². The summed E-state index contributed by atoms with van der Waals surface area (Å²) in [6.07, 6.45) is 1.86. The molecule has 0 fully saturated rings. The maximum absolute atomic E-state index is 10.5. The molecule has 0 unspecified atom stereocenters. The van der Waals surface area contributed by atoms with Crippen LogP contribution in [0.15, 0.2) is 54.7 Å². The topological polar surface area (TPSA) is 66.7 Å².